The maximum Gasteiger partial charge on any atom is 0.338 e. The van der Waals surface area contributed by atoms with E-state index >= 15 is 0 Å². The highest BCUT2D eigenvalue weighted by atomic mass is 16.7. The van der Waals surface area contributed by atoms with Crippen molar-refractivity contribution >= 4 is 24.2 Å². The molecule has 0 radical (unpaired) electrons. The lowest BCUT2D eigenvalue weighted by molar-refractivity contribution is -0.200. The lowest BCUT2D eigenvalue weighted by atomic mass is 9.90. The molecular weight excluding hydrogens is 554 g/mol. The molecule has 3 rings (SSSR count). The van der Waals surface area contributed by atoms with Gasteiger partial charge in [-0.05, 0) is 48.7 Å². The smallest absolute Gasteiger partial charge is 0.338 e. The number of amides is 3. The number of phenols is 1. The fourth-order valence-electron chi connectivity index (χ4n) is 4.72. The number of methoxy groups -OCH3 is 1. The molecule has 0 saturated carbocycles. The highest BCUT2D eigenvalue weighted by molar-refractivity contribution is 5.93. The minimum Gasteiger partial charge on any atom is -0.508 e. The Hall–Kier alpha value is -4.64. The molecule has 2 atom stereocenters. The van der Waals surface area contributed by atoms with Crippen LogP contribution in [0.5, 0.6) is 5.75 Å². The fourth-order valence-corrected chi connectivity index (χ4v) is 4.72. The number of hydroxylamine groups is 2. The van der Waals surface area contributed by atoms with Crippen LogP contribution in [0.15, 0.2) is 65.1 Å². The summed E-state index contributed by atoms with van der Waals surface area (Å²) in [5, 5.41) is 16.6. The van der Waals surface area contributed by atoms with Crippen molar-refractivity contribution < 1.29 is 38.3 Å². The summed E-state index contributed by atoms with van der Waals surface area (Å²) in [7, 11) is 1.23. The molecule has 43 heavy (non-hydrogen) atoms. The van der Waals surface area contributed by atoms with E-state index in [4.69, 9.17) is 14.0 Å². The van der Waals surface area contributed by atoms with Crippen LogP contribution in [0, 0.1) is 5.92 Å². The molecule has 0 saturated heterocycles. The first kappa shape index (κ1) is 32.9. The van der Waals surface area contributed by atoms with E-state index in [0.717, 1.165) is 24.8 Å². The lowest BCUT2D eigenvalue weighted by Gasteiger charge is -2.32. The Labute approximate surface area is 251 Å². The van der Waals surface area contributed by atoms with E-state index in [9.17, 15) is 24.3 Å². The first-order chi connectivity index (χ1) is 20.8. The minimum absolute atomic E-state index is 0.0282. The van der Waals surface area contributed by atoms with Crippen molar-refractivity contribution in [2.75, 3.05) is 13.8 Å². The van der Waals surface area contributed by atoms with Gasteiger partial charge in [0, 0.05) is 5.56 Å². The summed E-state index contributed by atoms with van der Waals surface area (Å²) in [6.45, 7) is 3.98. The molecule has 1 heterocycles. The summed E-state index contributed by atoms with van der Waals surface area (Å²) in [5.74, 6) is -2.01. The van der Waals surface area contributed by atoms with E-state index in [0.29, 0.717) is 24.8 Å². The zero-order valence-electron chi connectivity index (χ0n) is 24.7. The molecule has 3 N–H and O–H groups in total. The molecule has 0 bridgehead atoms. The number of benzene rings is 2. The van der Waals surface area contributed by atoms with Gasteiger partial charge >= 0.3 is 5.97 Å². The van der Waals surface area contributed by atoms with Crippen LogP contribution in [0.4, 0.5) is 0 Å². The van der Waals surface area contributed by atoms with Crippen molar-refractivity contribution in [3.8, 4) is 17.1 Å². The highest BCUT2D eigenvalue weighted by Gasteiger charge is 2.32. The number of furan rings is 1. The largest absolute Gasteiger partial charge is 0.508 e. The highest BCUT2D eigenvalue weighted by Crippen LogP contribution is 2.28. The molecule has 3 amide bonds. The number of nitrogens with one attached hydrogen (secondary N) is 2. The van der Waals surface area contributed by atoms with Crippen LogP contribution in [0.1, 0.15) is 72.4 Å². The van der Waals surface area contributed by atoms with Gasteiger partial charge in [-0.2, -0.15) is 0 Å². The number of carbonyl (C=O) groups is 4. The van der Waals surface area contributed by atoms with Crippen LogP contribution in [0.2, 0.25) is 0 Å². The zero-order chi connectivity index (χ0) is 31.2. The molecule has 230 valence electrons. The van der Waals surface area contributed by atoms with Crippen molar-refractivity contribution in [1.29, 1.82) is 0 Å². The quantitative estimate of drug-likeness (QED) is 0.0664. The number of nitrogens with zero attached hydrogens (tertiary/aromatic N) is 1. The molecule has 0 aliphatic carbocycles. The third kappa shape index (κ3) is 9.44. The summed E-state index contributed by atoms with van der Waals surface area (Å²) >= 11 is 0. The van der Waals surface area contributed by atoms with Crippen molar-refractivity contribution in [2.24, 2.45) is 5.92 Å². The maximum absolute atomic E-state index is 13.3. The number of aromatic hydroxyl groups is 1. The minimum atomic E-state index is -0.630. The van der Waals surface area contributed by atoms with Gasteiger partial charge in [0.05, 0.1) is 31.3 Å². The summed E-state index contributed by atoms with van der Waals surface area (Å²) in [6.07, 6.45) is 4.35. The fraction of sp³-hybridized carbons (Fsp3) is 0.375. The summed E-state index contributed by atoms with van der Waals surface area (Å²) in [6, 6.07) is 16.0. The van der Waals surface area contributed by atoms with Crippen molar-refractivity contribution in [1.82, 2.24) is 15.7 Å². The number of ether oxygens (including phenoxy) is 1. The summed E-state index contributed by atoms with van der Waals surface area (Å²) in [5.41, 5.74) is 1.40. The van der Waals surface area contributed by atoms with Crippen LogP contribution in [0.25, 0.3) is 11.3 Å². The predicted octanol–water partition coefficient (Wildman–Crippen LogP) is 4.81. The first-order valence-electron chi connectivity index (χ1n) is 14.3. The van der Waals surface area contributed by atoms with Gasteiger partial charge in [-0.15, -0.1) is 0 Å². The van der Waals surface area contributed by atoms with E-state index in [1.807, 2.05) is 37.3 Å². The second-order valence-corrected chi connectivity index (χ2v) is 9.95. The standard InChI is InChI=1S/C32H39N3O8/c1-4-6-8-13-26(27(5-2)35(21-36)42-19-22-11-9-7-10-12-22)30(38)33-20-34-31(39)29-15-14-28(43-29)23-16-24(32(40)41-3)18-25(37)17-23/h7,9-12,14-18,21,26-27,37H,4-6,8,13,19-20H2,1-3H3,(H,33,38)(H,34,39)/t26?,27-/m1/s1. The van der Waals surface area contributed by atoms with E-state index in [-0.39, 0.29) is 42.0 Å². The van der Waals surface area contributed by atoms with Gasteiger partial charge in [-0.25, -0.2) is 9.86 Å². The van der Waals surface area contributed by atoms with E-state index in [1.54, 1.807) is 0 Å². The molecule has 3 aromatic rings. The van der Waals surface area contributed by atoms with Crippen molar-refractivity contribution in [2.45, 2.75) is 58.6 Å². The molecule has 0 spiro atoms. The van der Waals surface area contributed by atoms with E-state index < -0.39 is 23.8 Å². The van der Waals surface area contributed by atoms with Gasteiger partial charge in [0.25, 0.3) is 5.91 Å². The number of rotatable bonds is 17. The number of esters is 1. The second-order valence-electron chi connectivity index (χ2n) is 9.95. The van der Waals surface area contributed by atoms with Gasteiger partial charge < -0.3 is 24.9 Å². The number of hydrogen-bond donors (Lipinski definition) is 3. The van der Waals surface area contributed by atoms with Crippen LogP contribution in [-0.4, -0.2) is 54.2 Å². The third-order valence-corrected chi connectivity index (χ3v) is 6.96. The Morgan fingerprint density at radius 1 is 1.02 bits per heavy atom. The molecule has 2 aromatic carbocycles. The zero-order valence-corrected chi connectivity index (χ0v) is 24.7. The molecule has 1 unspecified atom stereocenters. The molecule has 1 aromatic heterocycles. The summed E-state index contributed by atoms with van der Waals surface area (Å²) < 4.78 is 10.3. The number of carbonyl (C=O) groups excluding carboxylic acids is 4. The van der Waals surface area contributed by atoms with Gasteiger partial charge in [0.15, 0.2) is 5.76 Å². The van der Waals surface area contributed by atoms with Crippen LogP contribution in [-0.2, 0) is 25.8 Å². The molecule has 0 aliphatic heterocycles. The number of unbranched alkanes of at least 4 members (excludes halogenated alkanes) is 2. The Bertz CT molecular complexity index is 1360. The normalized spacial score (nSPS) is 12.2. The SMILES string of the molecule is CCCCCC(C(=O)NCNC(=O)c1ccc(-c2cc(O)cc(C(=O)OC)c2)o1)[C@@H](CC)N(C=O)OCc1ccccc1. The Kier molecular flexibility index (Phi) is 12.8. The lowest BCUT2D eigenvalue weighted by Crippen LogP contribution is -2.48. The average Bonchev–Trinajstić information content (AvgIpc) is 3.52. The third-order valence-electron chi connectivity index (χ3n) is 6.96. The molecular formula is C32H39N3O8. The Balaban J connectivity index is 1.63. The van der Waals surface area contributed by atoms with Crippen LogP contribution in [0.3, 0.4) is 0 Å². The molecule has 0 fully saturated rings. The second kappa shape index (κ2) is 16.7. The van der Waals surface area contributed by atoms with Gasteiger partial charge in [-0.1, -0.05) is 63.4 Å². The van der Waals surface area contributed by atoms with Crippen molar-refractivity contribution in [3.63, 3.8) is 0 Å². The van der Waals surface area contributed by atoms with Gasteiger partial charge in [0.1, 0.15) is 18.1 Å². The monoisotopic (exact) mass is 593 g/mol. The van der Waals surface area contributed by atoms with E-state index in [1.165, 1.54) is 42.5 Å². The first-order valence-corrected chi connectivity index (χ1v) is 14.3. The number of phenolic OH excluding ortho intramolecular Hbond substituents is 1. The average molecular weight is 594 g/mol. The molecule has 11 heteroatoms. The summed E-state index contributed by atoms with van der Waals surface area (Å²) in [4.78, 5) is 55.8. The Morgan fingerprint density at radius 3 is 2.47 bits per heavy atom. The van der Waals surface area contributed by atoms with Crippen LogP contribution >= 0.6 is 0 Å². The Morgan fingerprint density at radius 2 is 1.79 bits per heavy atom. The van der Waals surface area contributed by atoms with Gasteiger partial charge in [-0.3, -0.25) is 19.2 Å². The van der Waals surface area contributed by atoms with Crippen LogP contribution < -0.4 is 10.6 Å². The van der Waals surface area contributed by atoms with Crippen molar-refractivity contribution in [3.05, 3.63) is 77.6 Å². The van der Waals surface area contributed by atoms with Gasteiger partial charge in [0.2, 0.25) is 12.3 Å². The molecule has 0 aliphatic rings. The molecule has 11 nitrogen and oxygen atoms in total. The maximum atomic E-state index is 13.3. The topological polar surface area (TPSA) is 147 Å². The van der Waals surface area contributed by atoms with E-state index in [2.05, 4.69) is 17.6 Å². The predicted molar refractivity (Wildman–Crippen MR) is 158 cm³/mol. The number of hydrogen-bond acceptors (Lipinski definition) is 8.